The fraction of sp³-hybridized carbons (Fsp3) is 0.222. The van der Waals surface area contributed by atoms with Crippen LogP contribution in [0.3, 0.4) is 0 Å². The van der Waals surface area contributed by atoms with Crippen LogP contribution in [0.15, 0.2) is 36.4 Å². The predicted molar refractivity (Wildman–Crippen MR) is 107 cm³/mol. The number of para-hydroxylation sites is 1. The van der Waals surface area contributed by atoms with Gasteiger partial charge in [0.1, 0.15) is 4.88 Å². The molecule has 0 unspecified atom stereocenters. The fourth-order valence-corrected chi connectivity index (χ4v) is 3.85. The third-order valence-corrected chi connectivity index (χ3v) is 5.46. The van der Waals surface area contributed by atoms with Gasteiger partial charge in [-0.3, -0.25) is 19.6 Å². The average Bonchev–Trinajstić information content (AvgIpc) is 3.27. The molecule has 0 saturated heterocycles. The molecule has 0 aliphatic carbocycles. The summed E-state index contributed by atoms with van der Waals surface area (Å²) in [6.07, 6.45) is 0.721. The van der Waals surface area contributed by atoms with Crippen LogP contribution in [-0.2, 0) is 13.0 Å². The summed E-state index contributed by atoms with van der Waals surface area (Å²) in [5.74, 6) is -0.444. The Labute approximate surface area is 164 Å². The van der Waals surface area contributed by atoms with Crippen LogP contribution in [0.5, 0.6) is 0 Å². The Morgan fingerprint density at radius 3 is 2.70 bits per heavy atom. The summed E-state index contributed by atoms with van der Waals surface area (Å²) < 4.78 is 1.72. The zero-order valence-corrected chi connectivity index (χ0v) is 16.3. The van der Waals surface area contributed by atoms with Gasteiger partial charge in [0.15, 0.2) is 0 Å². The van der Waals surface area contributed by atoms with Crippen LogP contribution in [0.1, 0.15) is 29.2 Å². The minimum Gasteiger partial charge on any atom is -0.320 e. The van der Waals surface area contributed by atoms with Gasteiger partial charge in [-0.1, -0.05) is 30.7 Å². The molecule has 0 aliphatic rings. The molecular weight excluding hydrogens is 388 g/mol. The smallest absolute Gasteiger partial charge is 0.290 e. The van der Waals surface area contributed by atoms with Crippen LogP contribution >= 0.6 is 22.9 Å². The second-order valence-electron chi connectivity index (χ2n) is 5.71. The van der Waals surface area contributed by atoms with E-state index < -0.39 is 10.8 Å². The number of nitro groups is 1. The number of amides is 1. The quantitative estimate of drug-likeness (QED) is 0.462. The van der Waals surface area contributed by atoms with Crippen molar-refractivity contribution in [3.05, 3.63) is 62.1 Å². The number of hydrogen-bond acceptors (Lipinski definition) is 5. The first-order chi connectivity index (χ1) is 12.9. The Hall–Kier alpha value is -2.71. The maximum Gasteiger partial charge on any atom is 0.290 e. The number of rotatable bonds is 6. The third-order valence-electron chi connectivity index (χ3n) is 3.98. The number of nitrogens with zero attached hydrogens (tertiary/aromatic N) is 3. The fourth-order valence-electron chi connectivity index (χ4n) is 2.63. The molecule has 0 fully saturated rings. The molecule has 3 rings (SSSR count). The second kappa shape index (κ2) is 7.89. The number of carbonyl (C=O) groups excluding carboxylic acids is 1. The van der Waals surface area contributed by atoms with Crippen molar-refractivity contribution in [2.45, 2.75) is 26.8 Å². The van der Waals surface area contributed by atoms with E-state index in [1.807, 2.05) is 19.9 Å². The van der Waals surface area contributed by atoms with Gasteiger partial charge in [-0.25, -0.2) is 0 Å². The van der Waals surface area contributed by atoms with Gasteiger partial charge in [0.25, 0.3) is 11.6 Å². The average molecular weight is 405 g/mol. The largest absolute Gasteiger partial charge is 0.320 e. The molecule has 0 spiro atoms. The van der Waals surface area contributed by atoms with E-state index >= 15 is 0 Å². The molecule has 3 aromatic rings. The Balaban J connectivity index is 2.01. The highest BCUT2D eigenvalue weighted by Crippen LogP contribution is 2.39. The van der Waals surface area contributed by atoms with E-state index in [0.717, 1.165) is 23.5 Å². The maximum absolute atomic E-state index is 12.6. The number of halogens is 1. The van der Waals surface area contributed by atoms with Gasteiger partial charge in [0.2, 0.25) is 0 Å². The van der Waals surface area contributed by atoms with E-state index in [2.05, 4.69) is 10.4 Å². The second-order valence-corrected chi connectivity index (χ2v) is 7.17. The van der Waals surface area contributed by atoms with Gasteiger partial charge < -0.3 is 5.32 Å². The topological polar surface area (TPSA) is 90.1 Å². The zero-order valence-electron chi connectivity index (χ0n) is 14.7. The molecule has 1 amide bonds. The molecule has 1 N–H and O–H groups in total. The summed E-state index contributed by atoms with van der Waals surface area (Å²) in [6, 6.07) is 9.95. The van der Waals surface area contributed by atoms with Crippen molar-refractivity contribution in [2.24, 2.45) is 0 Å². The number of carbonyl (C=O) groups is 1. The predicted octanol–water partition coefficient (Wildman–Crippen LogP) is 5.01. The number of thiophene rings is 1. The molecule has 0 atom stereocenters. The van der Waals surface area contributed by atoms with Crippen LogP contribution in [0, 0.1) is 10.1 Å². The normalized spacial score (nSPS) is 10.8. The number of aryl methyl sites for hydroxylation is 2. The van der Waals surface area contributed by atoms with E-state index in [0.29, 0.717) is 27.8 Å². The molecule has 0 bridgehead atoms. The van der Waals surface area contributed by atoms with E-state index in [1.54, 1.807) is 28.9 Å². The molecule has 7 nitrogen and oxygen atoms in total. The highest BCUT2D eigenvalue weighted by Gasteiger charge is 2.26. The highest BCUT2D eigenvalue weighted by atomic mass is 35.5. The lowest BCUT2D eigenvalue weighted by atomic mass is 10.2. The number of hydrogen-bond donors (Lipinski definition) is 1. The van der Waals surface area contributed by atoms with E-state index in [-0.39, 0.29) is 10.6 Å². The molecule has 1 aromatic carbocycles. The Bertz CT molecular complexity index is 1010. The first-order valence-corrected chi connectivity index (χ1v) is 9.55. The van der Waals surface area contributed by atoms with Crippen molar-refractivity contribution in [1.82, 2.24) is 9.78 Å². The van der Waals surface area contributed by atoms with Gasteiger partial charge in [-0.2, -0.15) is 5.10 Å². The first-order valence-electron chi connectivity index (χ1n) is 8.35. The molecule has 0 saturated carbocycles. The van der Waals surface area contributed by atoms with Crippen LogP contribution in [0.25, 0.3) is 10.6 Å². The van der Waals surface area contributed by atoms with Crippen molar-refractivity contribution in [3.63, 3.8) is 0 Å². The number of benzene rings is 1. The summed E-state index contributed by atoms with van der Waals surface area (Å²) in [5, 5.41) is 19.1. The number of nitrogens with one attached hydrogen (secondary N) is 1. The van der Waals surface area contributed by atoms with Crippen LogP contribution in [-0.4, -0.2) is 20.6 Å². The van der Waals surface area contributed by atoms with Crippen molar-refractivity contribution >= 4 is 40.2 Å². The zero-order chi connectivity index (χ0) is 19.6. The Morgan fingerprint density at radius 1 is 1.33 bits per heavy atom. The molecule has 0 radical (unpaired) electrons. The third kappa shape index (κ3) is 3.86. The number of aromatic nitrogens is 2. The SMILES string of the molecule is CCc1cc(-c2sc(C(=O)Nc3ccccc3Cl)cc2[N+](=O)[O-])n(CC)n1. The monoisotopic (exact) mass is 404 g/mol. The molecule has 9 heteroatoms. The molecule has 27 heavy (non-hydrogen) atoms. The van der Waals surface area contributed by atoms with Crippen molar-refractivity contribution < 1.29 is 9.72 Å². The van der Waals surface area contributed by atoms with Gasteiger partial charge in [-0.15, -0.1) is 11.3 Å². The van der Waals surface area contributed by atoms with E-state index in [9.17, 15) is 14.9 Å². The minimum absolute atomic E-state index is 0.110. The lowest BCUT2D eigenvalue weighted by Crippen LogP contribution is -2.10. The summed E-state index contributed by atoms with van der Waals surface area (Å²) >= 11 is 7.14. The van der Waals surface area contributed by atoms with Crippen LogP contribution in [0.4, 0.5) is 11.4 Å². The molecule has 140 valence electrons. The van der Waals surface area contributed by atoms with Crippen LogP contribution < -0.4 is 5.32 Å². The maximum atomic E-state index is 12.6. The Kier molecular flexibility index (Phi) is 5.57. The highest BCUT2D eigenvalue weighted by molar-refractivity contribution is 7.18. The summed E-state index contributed by atoms with van der Waals surface area (Å²) in [6.45, 7) is 4.46. The van der Waals surface area contributed by atoms with Crippen LogP contribution in [0.2, 0.25) is 5.02 Å². The summed E-state index contributed by atoms with van der Waals surface area (Å²) in [5.41, 5.74) is 1.83. The molecular formula is C18H17ClN4O3S. The van der Waals surface area contributed by atoms with E-state index in [4.69, 9.17) is 11.6 Å². The van der Waals surface area contributed by atoms with Gasteiger partial charge in [0.05, 0.1) is 31.9 Å². The molecule has 2 aromatic heterocycles. The summed E-state index contributed by atoms with van der Waals surface area (Å²) in [4.78, 5) is 24.3. The molecule has 2 heterocycles. The first kappa shape index (κ1) is 19.1. The van der Waals surface area contributed by atoms with Gasteiger partial charge in [-0.05, 0) is 31.5 Å². The molecule has 0 aliphatic heterocycles. The standard InChI is InChI=1S/C18H17ClN4O3S/c1-3-11-9-14(22(4-2)21-11)17-15(23(25)26)10-16(27-17)18(24)20-13-8-6-5-7-12(13)19/h5-10H,3-4H2,1-2H3,(H,20,24). The Morgan fingerprint density at radius 2 is 2.07 bits per heavy atom. The van der Waals surface area contributed by atoms with Gasteiger partial charge in [0, 0.05) is 12.6 Å². The van der Waals surface area contributed by atoms with Crippen molar-refractivity contribution in [1.29, 1.82) is 0 Å². The van der Waals surface area contributed by atoms with Gasteiger partial charge >= 0.3 is 0 Å². The van der Waals surface area contributed by atoms with E-state index in [1.165, 1.54) is 6.07 Å². The lowest BCUT2D eigenvalue weighted by Gasteiger charge is -2.05. The summed E-state index contributed by atoms with van der Waals surface area (Å²) in [7, 11) is 0. The minimum atomic E-state index is -0.475. The number of anilines is 1. The lowest BCUT2D eigenvalue weighted by molar-refractivity contribution is -0.383. The van der Waals surface area contributed by atoms with Crippen molar-refractivity contribution in [3.8, 4) is 10.6 Å². The van der Waals surface area contributed by atoms with Crippen molar-refractivity contribution in [2.75, 3.05) is 5.32 Å².